The SMILES string of the molecule is CCC1CCCCC1C1CC(C(F)(F)F)CCN1. The third-order valence-electron chi connectivity index (χ3n) is 4.91. The van der Waals surface area contributed by atoms with Gasteiger partial charge in [0, 0.05) is 6.04 Å². The minimum Gasteiger partial charge on any atom is -0.314 e. The zero-order valence-corrected chi connectivity index (χ0v) is 11.1. The van der Waals surface area contributed by atoms with Crippen molar-refractivity contribution in [1.29, 1.82) is 0 Å². The van der Waals surface area contributed by atoms with Crippen molar-refractivity contribution in [1.82, 2.24) is 5.32 Å². The van der Waals surface area contributed by atoms with E-state index < -0.39 is 12.1 Å². The summed E-state index contributed by atoms with van der Waals surface area (Å²) in [6.45, 7) is 2.70. The molecule has 0 bridgehead atoms. The molecule has 0 aromatic rings. The molecule has 1 nitrogen and oxygen atoms in total. The smallest absolute Gasteiger partial charge is 0.314 e. The van der Waals surface area contributed by atoms with Crippen molar-refractivity contribution < 1.29 is 13.2 Å². The average molecular weight is 263 g/mol. The van der Waals surface area contributed by atoms with Crippen molar-refractivity contribution in [2.24, 2.45) is 17.8 Å². The Morgan fingerprint density at radius 2 is 1.83 bits per heavy atom. The molecule has 18 heavy (non-hydrogen) atoms. The van der Waals surface area contributed by atoms with E-state index in [1.807, 2.05) is 0 Å². The summed E-state index contributed by atoms with van der Waals surface area (Å²) < 4.78 is 38.5. The molecule has 0 aromatic carbocycles. The molecule has 1 saturated heterocycles. The molecule has 1 aliphatic heterocycles. The van der Waals surface area contributed by atoms with E-state index >= 15 is 0 Å². The van der Waals surface area contributed by atoms with Crippen molar-refractivity contribution in [2.45, 2.75) is 64.1 Å². The van der Waals surface area contributed by atoms with Gasteiger partial charge in [0.15, 0.2) is 0 Å². The van der Waals surface area contributed by atoms with Crippen LogP contribution in [-0.2, 0) is 0 Å². The van der Waals surface area contributed by atoms with E-state index in [4.69, 9.17) is 0 Å². The van der Waals surface area contributed by atoms with Crippen LogP contribution >= 0.6 is 0 Å². The molecule has 1 aliphatic carbocycles. The summed E-state index contributed by atoms with van der Waals surface area (Å²) in [5.74, 6) is 0.0142. The van der Waals surface area contributed by atoms with Gasteiger partial charge in [-0.15, -0.1) is 0 Å². The first-order valence-corrected chi connectivity index (χ1v) is 7.32. The van der Waals surface area contributed by atoms with Gasteiger partial charge in [0.25, 0.3) is 0 Å². The lowest BCUT2D eigenvalue weighted by atomic mass is 9.71. The van der Waals surface area contributed by atoms with Gasteiger partial charge in [-0.3, -0.25) is 0 Å². The molecule has 1 saturated carbocycles. The number of hydrogen-bond donors (Lipinski definition) is 1. The molecule has 2 aliphatic rings. The van der Waals surface area contributed by atoms with Crippen molar-refractivity contribution in [3.63, 3.8) is 0 Å². The molecule has 2 rings (SSSR count). The predicted octanol–water partition coefficient (Wildman–Crippen LogP) is 4.13. The molecular formula is C14H24F3N. The molecule has 1 N–H and O–H groups in total. The van der Waals surface area contributed by atoms with Crippen LogP contribution in [0, 0.1) is 17.8 Å². The second kappa shape index (κ2) is 5.81. The van der Waals surface area contributed by atoms with Crippen LogP contribution in [0.25, 0.3) is 0 Å². The summed E-state index contributed by atoms with van der Waals surface area (Å²) in [4.78, 5) is 0. The molecule has 0 radical (unpaired) electrons. The summed E-state index contributed by atoms with van der Waals surface area (Å²) in [6, 6.07) is 0.0932. The maximum atomic E-state index is 12.8. The van der Waals surface area contributed by atoms with E-state index in [1.54, 1.807) is 0 Å². The van der Waals surface area contributed by atoms with Gasteiger partial charge >= 0.3 is 6.18 Å². The van der Waals surface area contributed by atoms with Gasteiger partial charge in [-0.2, -0.15) is 13.2 Å². The molecule has 0 spiro atoms. The van der Waals surface area contributed by atoms with Gasteiger partial charge in [-0.1, -0.05) is 32.6 Å². The Hall–Kier alpha value is -0.250. The largest absolute Gasteiger partial charge is 0.391 e. The van der Waals surface area contributed by atoms with Gasteiger partial charge in [0.2, 0.25) is 0 Å². The van der Waals surface area contributed by atoms with Crippen molar-refractivity contribution in [3.8, 4) is 0 Å². The fourth-order valence-electron chi connectivity index (χ4n) is 3.85. The topological polar surface area (TPSA) is 12.0 Å². The average Bonchev–Trinajstić information content (AvgIpc) is 2.38. The highest BCUT2D eigenvalue weighted by Crippen LogP contribution is 2.41. The standard InChI is InChI=1S/C14H24F3N/c1-2-10-5-3-4-6-12(10)13-9-11(7-8-18-13)14(15,16)17/h10-13,18H,2-9H2,1H3. The van der Waals surface area contributed by atoms with Crippen LogP contribution < -0.4 is 5.32 Å². The zero-order chi connectivity index (χ0) is 13.2. The summed E-state index contributed by atoms with van der Waals surface area (Å²) in [5, 5.41) is 3.36. The number of rotatable bonds is 2. The molecule has 106 valence electrons. The second-order valence-electron chi connectivity index (χ2n) is 5.94. The van der Waals surface area contributed by atoms with E-state index in [0.717, 1.165) is 12.8 Å². The first-order chi connectivity index (χ1) is 8.52. The van der Waals surface area contributed by atoms with E-state index in [1.165, 1.54) is 19.3 Å². The minimum absolute atomic E-state index is 0.0932. The fourth-order valence-corrected chi connectivity index (χ4v) is 3.85. The Balaban J connectivity index is 1.99. The number of alkyl halides is 3. The van der Waals surface area contributed by atoms with E-state index in [0.29, 0.717) is 24.8 Å². The van der Waals surface area contributed by atoms with Crippen LogP contribution in [-0.4, -0.2) is 18.8 Å². The first kappa shape index (κ1) is 14.2. The number of piperidine rings is 1. The van der Waals surface area contributed by atoms with E-state index in [9.17, 15) is 13.2 Å². The van der Waals surface area contributed by atoms with Crippen LogP contribution in [0.1, 0.15) is 51.9 Å². The van der Waals surface area contributed by atoms with Gasteiger partial charge in [0.05, 0.1) is 5.92 Å². The second-order valence-corrected chi connectivity index (χ2v) is 5.94. The highest BCUT2D eigenvalue weighted by atomic mass is 19.4. The van der Waals surface area contributed by atoms with Crippen molar-refractivity contribution >= 4 is 0 Å². The van der Waals surface area contributed by atoms with Gasteiger partial charge < -0.3 is 5.32 Å². The van der Waals surface area contributed by atoms with Gasteiger partial charge in [-0.05, 0) is 37.6 Å². The Bertz CT molecular complexity index is 264. The van der Waals surface area contributed by atoms with Crippen molar-refractivity contribution in [2.75, 3.05) is 6.54 Å². The molecule has 1 heterocycles. The maximum Gasteiger partial charge on any atom is 0.391 e. The van der Waals surface area contributed by atoms with E-state index in [-0.39, 0.29) is 12.5 Å². The Labute approximate surface area is 108 Å². The molecule has 4 unspecified atom stereocenters. The maximum absolute atomic E-state index is 12.8. The molecule has 0 amide bonds. The molecule has 4 atom stereocenters. The highest BCUT2D eigenvalue weighted by molar-refractivity contribution is 4.90. The number of nitrogens with one attached hydrogen (secondary N) is 1. The Morgan fingerprint density at radius 3 is 2.50 bits per heavy atom. The third kappa shape index (κ3) is 3.19. The fraction of sp³-hybridized carbons (Fsp3) is 1.00. The summed E-state index contributed by atoms with van der Waals surface area (Å²) in [6.07, 6.45) is 2.42. The monoisotopic (exact) mass is 263 g/mol. The van der Waals surface area contributed by atoms with Crippen LogP contribution in [0.4, 0.5) is 13.2 Å². The van der Waals surface area contributed by atoms with Crippen LogP contribution in [0.3, 0.4) is 0 Å². The first-order valence-electron chi connectivity index (χ1n) is 7.32. The normalized spacial score (nSPS) is 38.7. The Morgan fingerprint density at radius 1 is 1.11 bits per heavy atom. The summed E-state index contributed by atoms with van der Waals surface area (Å²) in [7, 11) is 0. The summed E-state index contributed by atoms with van der Waals surface area (Å²) in [5.41, 5.74) is 0. The van der Waals surface area contributed by atoms with Crippen LogP contribution in [0.15, 0.2) is 0 Å². The van der Waals surface area contributed by atoms with Gasteiger partial charge in [0.1, 0.15) is 0 Å². The third-order valence-corrected chi connectivity index (χ3v) is 4.91. The number of hydrogen-bond acceptors (Lipinski definition) is 1. The molecule has 2 fully saturated rings. The molecule has 0 aromatic heterocycles. The molecule has 4 heteroatoms. The highest BCUT2D eigenvalue weighted by Gasteiger charge is 2.44. The quantitative estimate of drug-likeness (QED) is 0.789. The number of halogens is 3. The Kier molecular flexibility index (Phi) is 4.57. The van der Waals surface area contributed by atoms with Crippen LogP contribution in [0.2, 0.25) is 0 Å². The lowest BCUT2D eigenvalue weighted by molar-refractivity contribution is -0.185. The lowest BCUT2D eigenvalue weighted by Crippen LogP contribution is -2.48. The molecular weight excluding hydrogens is 239 g/mol. The predicted molar refractivity (Wildman–Crippen MR) is 66.3 cm³/mol. The van der Waals surface area contributed by atoms with E-state index in [2.05, 4.69) is 12.2 Å². The summed E-state index contributed by atoms with van der Waals surface area (Å²) >= 11 is 0. The zero-order valence-electron chi connectivity index (χ0n) is 11.1. The van der Waals surface area contributed by atoms with Crippen molar-refractivity contribution in [3.05, 3.63) is 0 Å². The van der Waals surface area contributed by atoms with Gasteiger partial charge in [-0.25, -0.2) is 0 Å². The van der Waals surface area contributed by atoms with Crippen LogP contribution in [0.5, 0.6) is 0 Å². The minimum atomic E-state index is -4.00. The lowest BCUT2D eigenvalue weighted by Gasteiger charge is -2.41.